The summed E-state index contributed by atoms with van der Waals surface area (Å²) in [6.07, 6.45) is 4.14. The van der Waals surface area contributed by atoms with Gasteiger partial charge in [0.1, 0.15) is 0 Å². The van der Waals surface area contributed by atoms with E-state index < -0.39 is 0 Å². The lowest BCUT2D eigenvalue weighted by molar-refractivity contribution is 0.0955. The minimum Gasteiger partial charge on any atom is -0.352 e. The molecule has 76 valence electrons. The van der Waals surface area contributed by atoms with Gasteiger partial charge in [0.15, 0.2) is 0 Å². The molecule has 14 heavy (non-hydrogen) atoms. The number of rotatable bonds is 3. The SMILES string of the molecule is CCNC(=O)c1cn(C)nc1C1CC1. The van der Waals surface area contributed by atoms with Crippen LogP contribution in [0, 0.1) is 0 Å². The molecular weight excluding hydrogens is 178 g/mol. The molecule has 0 aliphatic heterocycles. The number of hydrogen-bond acceptors (Lipinski definition) is 2. The van der Waals surface area contributed by atoms with E-state index in [2.05, 4.69) is 10.4 Å². The topological polar surface area (TPSA) is 46.9 Å². The number of aromatic nitrogens is 2. The third-order valence-electron chi connectivity index (χ3n) is 2.40. The second-order valence-corrected chi connectivity index (χ2v) is 3.74. The van der Waals surface area contributed by atoms with Crippen LogP contribution in [0.5, 0.6) is 0 Å². The van der Waals surface area contributed by atoms with Crippen LogP contribution in [0.2, 0.25) is 0 Å². The van der Waals surface area contributed by atoms with Crippen molar-refractivity contribution in [3.8, 4) is 0 Å². The fourth-order valence-corrected chi connectivity index (χ4v) is 1.59. The van der Waals surface area contributed by atoms with Gasteiger partial charge in [-0.05, 0) is 19.8 Å². The summed E-state index contributed by atoms with van der Waals surface area (Å²) in [5.41, 5.74) is 1.72. The van der Waals surface area contributed by atoms with Crippen molar-refractivity contribution in [2.75, 3.05) is 6.54 Å². The first-order valence-corrected chi connectivity index (χ1v) is 5.04. The molecule has 1 fully saturated rings. The van der Waals surface area contributed by atoms with E-state index in [0.717, 1.165) is 11.3 Å². The second kappa shape index (κ2) is 3.44. The number of nitrogens with one attached hydrogen (secondary N) is 1. The Balaban J connectivity index is 2.26. The molecule has 1 aromatic heterocycles. The number of aryl methyl sites for hydroxylation is 1. The van der Waals surface area contributed by atoms with Crippen LogP contribution >= 0.6 is 0 Å². The number of carbonyl (C=O) groups excluding carboxylic acids is 1. The van der Waals surface area contributed by atoms with Crippen LogP contribution in [0.15, 0.2) is 6.20 Å². The Morgan fingerprint density at radius 3 is 3.00 bits per heavy atom. The monoisotopic (exact) mass is 193 g/mol. The number of carbonyl (C=O) groups is 1. The van der Waals surface area contributed by atoms with E-state index in [1.165, 1.54) is 12.8 Å². The summed E-state index contributed by atoms with van der Waals surface area (Å²) < 4.78 is 1.72. The van der Waals surface area contributed by atoms with Crippen LogP contribution in [-0.4, -0.2) is 22.2 Å². The molecule has 0 aromatic carbocycles. The molecule has 1 aliphatic carbocycles. The summed E-state index contributed by atoms with van der Waals surface area (Å²) >= 11 is 0. The van der Waals surface area contributed by atoms with E-state index in [0.29, 0.717) is 12.5 Å². The molecule has 1 N–H and O–H groups in total. The second-order valence-electron chi connectivity index (χ2n) is 3.74. The first-order chi connectivity index (χ1) is 6.72. The number of nitrogens with zero attached hydrogens (tertiary/aromatic N) is 2. The normalized spacial score (nSPS) is 15.6. The van der Waals surface area contributed by atoms with Crippen LogP contribution in [-0.2, 0) is 7.05 Å². The highest BCUT2D eigenvalue weighted by Crippen LogP contribution is 2.40. The average molecular weight is 193 g/mol. The molecule has 4 heteroatoms. The fourth-order valence-electron chi connectivity index (χ4n) is 1.59. The maximum absolute atomic E-state index is 11.6. The minimum absolute atomic E-state index is 0.00231. The van der Waals surface area contributed by atoms with Crippen molar-refractivity contribution >= 4 is 5.91 Å². The van der Waals surface area contributed by atoms with E-state index in [-0.39, 0.29) is 5.91 Å². The lowest BCUT2D eigenvalue weighted by Gasteiger charge is -2.00. The molecule has 1 aromatic rings. The van der Waals surface area contributed by atoms with Crippen molar-refractivity contribution < 1.29 is 4.79 Å². The van der Waals surface area contributed by atoms with Crippen molar-refractivity contribution in [3.63, 3.8) is 0 Å². The summed E-state index contributed by atoms with van der Waals surface area (Å²) in [5.74, 6) is 0.524. The van der Waals surface area contributed by atoms with Crippen molar-refractivity contribution in [2.24, 2.45) is 7.05 Å². The van der Waals surface area contributed by atoms with Crippen LogP contribution in [0.4, 0.5) is 0 Å². The lowest BCUT2D eigenvalue weighted by atomic mass is 10.2. The molecule has 4 nitrogen and oxygen atoms in total. The predicted molar refractivity (Wildman–Crippen MR) is 53.2 cm³/mol. The van der Waals surface area contributed by atoms with Crippen molar-refractivity contribution in [1.82, 2.24) is 15.1 Å². The maximum atomic E-state index is 11.6. The van der Waals surface area contributed by atoms with E-state index in [1.807, 2.05) is 14.0 Å². The van der Waals surface area contributed by atoms with Gasteiger partial charge in [-0.2, -0.15) is 5.10 Å². The standard InChI is InChI=1S/C10H15N3O/c1-3-11-10(14)8-6-13(2)12-9(8)7-4-5-7/h6-7H,3-5H2,1-2H3,(H,11,14). The molecule has 2 rings (SSSR count). The zero-order chi connectivity index (χ0) is 10.1. The molecule has 0 unspecified atom stereocenters. The summed E-state index contributed by atoms with van der Waals surface area (Å²) in [7, 11) is 1.86. The molecule has 1 saturated carbocycles. The largest absolute Gasteiger partial charge is 0.352 e. The van der Waals surface area contributed by atoms with Gasteiger partial charge in [-0.1, -0.05) is 0 Å². The first kappa shape index (κ1) is 9.24. The van der Waals surface area contributed by atoms with Crippen LogP contribution in [0.3, 0.4) is 0 Å². The highest BCUT2D eigenvalue weighted by atomic mass is 16.1. The van der Waals surface area contributed by atoms with Crippen molar-refractivity contribution in [1.29, 1.82) is 0 Å². The van der Waals surface area contributed by atoms with Gasteiger partial charge in [-0.15, -0.1) is 0 Å². The zero-order valence-corrected chi connectivity index (χ0v) is 8.58. The average Bonchev–Trinajstić information content (AvgIpc) is 2.90. The smallest absolute Gasteiger partial charge is 0.254 e. The van der Waals surface area contributed by atoms with E-state index >= 15 is 0 Å². The molecule has 1 amide bonds. The van der Waals surface area contributed by atoms with Crippen molar-refractivity contribution in [3.05, 3.63) is 17.5 Å². The quantitative estimate of drug-likeness (QED) is 0.779. The minimum atomic E-state index is 0.00231. The Kier molecular flexibility index (Phi) is 2.27. The Hall–Kier alpha value is -1.32. The first-order valence-electron chi connectivity index (χ1n) is 5.04. The maximum Gasteiger partial charge on any atom is 0.254 e. The Morgan fingerprint density at radius 2 is 2.43 bits per heavy atom. The van der Waals surface area contributed by atoms with E-state index in [1.54, 1.807) is 10.9 Å². The van der Waals surface area contributed by atoms with Gasteiger partial charge >= 0.3 is 0 Å². The highest BCUT2D eigenvalue weighted by molar-refractivity contribution is 5.95. The van der Waals surface area contributed by atoms with Gasteiger partial charge in [-0.3, -0.25) is 9.48 Å². The molecule has 0 saturated heterocycles. The van der Waals surface area contributed by atoms with Crippen molar-refractivity contribution in [2.45, 2.75) is 25.7 Å². The number of amides is 1. The third kappa shape index (κ3) is 1.64. The summed E-state index contributed by atoms with van der Waals surface area (Å²) in [6, 6.07) is 0. The van der Waals surface area contributed by atoms with Gasteiger partial charge in [0, 0.05) is 25.7 Å². The molecule has 0 spiro atoms. The molecular formula is C10H15N3O. The van der Waals surface area contributed by atoms with Gasteiger partial charge in [0.05, 0.1) is 11.3 Å². The van der Waals surface area contributed by atoms with Gasteiger partial charge < -0.3 is 5.32 Å². The van der Waals surface area contributed by atoms with Crippen LogP contribution in [0.25, 0.3) is 0 Å². The molecule has 1 aliphatic rings. The Bertz CT molecular complexity index is 352. The van der Waals surface area contributed by atoms with Gasteiger partial charge in [0.25, 0.3) is 5.91 Å². The van der Waals surface area contributed by atoms with E-state index in [4.69, 9.17) is 0 Å². The molecule has 1 heterocycles. The van der Waals surface area contributed by atoms with Gasteiger partial charge in [-0.25, -0.2) is 0 Å². The zero-order valence-electron chi connectivity index (χ0n) is 8.58. The molecule has 0 atom stereocenters. The summed E-state index contributed by atoms with van der Waals surface area (Å²) in [6.45, 7) is 2.59. The highest BCUT2D eigenvalue weighted by Gasteiger charge is 2.30. The fraction of sp³-hybridized carbons (Fsp3) is 0.600. The summed E-state index contributed by atoms with van der Waals surface area (Å²) in [4.78, 5) is 11.6. The Morgan fingerprint density at radius 1 is 1.71 bits per heavy atom. The van der Waals surface area contributed by atoms with Crippen LogP contribution in [0.1, 0.15) is 41.7 Å². The summed E-state index contributed by atoms with van der Waals surface area (Å²) in [5, 5.41) is 7.14. The van der Waals surface area contributed by atoms with Gasteiger partial charge in [0.2, 0.25) is 0 Å². The third-order valence-corrected chi connectivity index (χ3v) is 2.40. The van der Waals surface area contributed by atoms with Crippen LogP contribution < -0.4 is 5.32 Å². The number of hydrogen-bond donors (Lipinski definition) is 1. The Labute approximate surface area is 83.3 Å². The molecule has 0 bridgehead atoms. The predicted octanol–water partition coefficient (Wildman–Crippen LogP) is 1.05. The lowest BCUT2D eigenvalue weighted by Crippen LogP contribution is -2.23. The molecule has 0 radical (unpaired) electrons. The van der Waals surface area contributed by atoms with E-state index in [9.17, 15) is 4.79 Å².